The summed E-state index contributed by atoms with van der Waals surface area (Å²) < 4.78 is 107. The minimum atomic E-state index is -4.93. The van der Waals surface area contributed by atoms with E-state index in [0.29, 0.717) is 18.8 Å². The van der Waals surface area contributed by atoms with Gasteiger partial charge in [0.25, 0.3) is 0 Å². The van der Waals surface area contributed by atoms with Gasteiger partial charge in [0.1, 0.15) is 17.4 Å². The molecule has 1 aliphatic carbocycles. The van der Waals surface area contributed by atoms with E-state index in [0.717, 1.165) is 49.6 Å². The molecule has 212 valence electrons. The van der Waals surface area contributed by atoms with Gasteiger partial charge in [-0.05, 0) is 80.0 Å². The number of ether oxygens (including phenoxy) is 2. The monoisotopic (exact) mass is 556 g/mol. The van der Waals surface area contributed by atoms with E-state index in [1.165, 1.54) is 37.7 Å². The predicted molar refractivity (Wildman–Crippen MR) is 134 cm³/mol. The predicted octanol–water partition coefficient (Wildman–Crippen LogP) is 9.11. The second-order valence-corrected chi connectivity index (χ2v) is 10.4. The molecule has 0 radical (unpaired) electrons. The Kier molecular flexibility index (Phi) is 9.15. The molecule has 4 rings (SSSR count). The first-order valence-electron chi connectivity index (χ1n) is 13.4. The highest BCUT2D eigenvalue weighted by atomic mass is 19.4. The zero-order valence-electron chi connectivity index (χ0n) is 21.7. The van der Waals surface area contributed by atoms with Crippen LogP contribution >= 0.6 is 0 Å². The van der Waals surface area contributed by atoms with Crippen molar-refractivity contribution >= 4 is 10.8 Å². The molecule has 1 aliphatic heterocycles. The maximum atomic E-state index is 15.0. The molecule has 2 aromatic rings. The van der Waals surface area contributed by atoms with Gasteiger partial charge in [0.2, 0.25) is 0 Å². The number of allylic oxidation sites excluding steroid dienone is 1. The molecule has 2 aliphatic rings. The van der Waals surface area contributed by atoms with Gasteiger partial charge in [0, 0.05) is 23.5 Å². The minimum absolute atomic E-state index is 0.0655. The van der Waals surface area contributed by atoms with E-state index >= 15 is 8.78 Å². The number of benzene rings is 2. The fourth-order valence-electron chi connectivity index (χ4n) is 5.40. The van der Waals surface area contributed by atoms with Gasteiger partial charge in [0.05, 0.1) is 11.7 Å². The van der Waals surface area contributed by atoms with Gasteiger partial charge in [-0.25, -0.2) is 8.78 Å². The Bertz CT molecular complexity index is 1250. The van der Waals surface area contributed by atoms with E-state index in [4.69, 9.17) is 9.47 Å². The van der Waals surface area contributed by atoms with E-state index in [2.05, 4.69) is 6.92 Å². The zero-order valence-corrected chi connectivity index (χ0v) is 21.7. The van der Waals surface area contributed by atoms with Crippen molar-refractivity contribution in [3.8, 4) is 17.6 Å². The molecule has 9 heteroatoms. The first-order chi connectivity index (χ1) is 18.5. The first kappa shape index (κ1) is 29.3. The van der Waals surface area contributed by atoms with Crippen molar-refractivity contribution in [2.45, 2.75) is 83.1 Å². The molecule has 0 saturated carbocycles. The molecule has 0 N–H and O–H groups in total. The molecular formula is C30H31F7O2. The van der Waals surface area contributed by atoms with Crippen molar-refractivity contribution < 1.29 is 40.2 Å². The number of hydrogen-bond donors (Lipinski definition) is 0. The molecule has 39 heavy (non-hydrogen) atoms. The standard InChI is InChI=1S/C30H31F7O2/c1-2-3-4-5-19-6-13-27(38-18-19)20-7-9-22(10-8-20)30(36,37)39-23-11-12-24-21(16-23)17-26(31)25(28(24)32)14-15-29(33,34)35/h9,11-12,16-17,19-20,27H,2-8,10,13,18H2,1H3. The molecule has 1 fully saturated rings. The van der Waals surface area contributed by atoms with Gasteiger partial charge >= 0.3 is 12.3 Å². The fourth-order valence-corrected chi connectivity index (χ4v) is 5.40. The van der Waals surface area contributed by atoms with Crippen molar-refractivity contribution in [2.24, 2.45) is 11.8 Å². The van der Waals surface area contributed by atoms with Crippen LogP contribution in [0.5, 0.6) is 5.75 Å². The number of halogens is 7. The molecule has 0 bridgehead atoms. The van der Waals surface area contributed by atoms with E-state index in [1.807, 2.05) is 0 Å². The molecule has 2 aromatic carbocycles. The van der Waals surface area contributed by atoms with Crippen LogP contribution in [0.15, 0.2) is 35.9 Å². The number of hydrogen-bond acceptors (Lipinski definition) is 2. The highest BCUT2D eigenvalue weighted by molar-refractivity contribution is 5.86. The van der Waals surface area contributed by atoms with Crippen LogP contribution < -0.4 is 4.74 Å². The van der Waals surface area contributed by atoms with Gasteiger partial charge in [-0.2, -0.15) is 22.0 Å². The SMILES string of the molecule is CCCCCC1CCC(C2CC=C(C(F)(F)Oc3ccc4c(F)c(C#CC(F)(F)F)c(F)cc4c3)CC2)OC1. The van der Waals surface area contributed by atoms with Crippen LogP contribution in [0.25, 0.3) is 10.8 Å². The van der Waals surface area contributed by atoms with Crippen molar-refractivity contribution in [2.75, 3.05) is 6.61 Å². The van der Waals surface area contributed by atoms with Crippen molar-refractivity contribution in [1.29, 1.82) is 0 Å². The van der Waals surface area contributed by atoms with E-state index < -0.39 is 29.5 Å². The molecule has 3 unspecified atom stereocenters. The first-order valence-corrected chi connectivity index (χ1v) is 13.4. The molecular weight excluding hydrogens is 525 g/mol. The smallest absolute Gasteiger partial charge is 0.429 e. The molecule has 1 heterocycles. The second kappa shape index (κ2) is 12.2. The van der Waals surface area contributed by atoms with Crippen molar-refractivity contribution in [3.63, 3.8) is 0 Å². The molecule has 1 saturated heterocycles. The normalized spacial score (nSPS) is 22.3. The van der Waals surface area contributed by atoms with Crippen LogP contribution in [-0.2, 0) is 4.74 Å². The summed E-state index contributed by atoms with van der Waals surface area (Å²) in [6.07, 6.45) is 0.954. The van der Waals surface area contributed by atoms with E-state index in [9.17, 15) is 22.0 Å². The number of alkyl halides is 5. The third kappa shape index (κ3) is 7.47. The van der Waals surface area contributed by atoms with Gasteiger partial charge in [-0.15, -0.1) is 0 Å². The lowest BCUT2D eigenvalue weighted by atomic mass is 9.81. The Labute approximate surface area is 223 Å². The molecule has 0 spiro atoms. The lowest BCUT2D eigenvalue weighted by Gasteiger charge is -2.36. The Morgan fingerprint density at radius 1 is 1.03 bits per heavy atom. The molecule has 3 atom stereocenters. The van der Waals surface area contributed by atoms with Crippen LogP contribution in [0.4, 0.5) is 30.7 Å². The summed E-state index contributed by atoms with van der Waals surface area (Å²) in [7, 11) is 0. The van der Waals surface area contributed by atoms with E-state index in [1.54, 1.807) is 0 Å². The largest absolute Gasteiger partial charge is 0.458 e. The average molecular weight is 557 g/mol. The fraction of sp³-hybridized carbons (Fsp3) is 0.533. The van der Waals surface area contributed by atoms with Gasteiger partial charge in [-0.1, -0.05) is 38.2 Å². The summed E-state index contributed by atoms with van der Waals surface area (Å²) in [5.74, 6) is 0.0606. The van der Waals surface area contributed by atoms with Crippen LogP contribution in [-0.4, -0.2) is 25.0 Å². The highest BCUT2D eigenvalue weighted by Crippen LogP contribution is 2.40. The maximum absolute atomic E-state index is 15.0. The molecule has 0 amide bonds. The topological polar surface area (TPSA) is 18.5 Å². The number of unbranched alkanes of at least 4 members (excludes halogenated alkanes) is 2. The van der Waals surface area contributed by atoms with Gasteiger partial charge in [-0.3, -0.25) is 0 Å². The van der Waals surface area contributed by atoms with Crippen LogP contribution in [0.2, 0.25) is 0 Å². The summed E-state index contributed by atoms with van der Waals surface area (Å²) >= 11 is 0. The maximum Gasteiger partial charge on any atom is 0.458 e. The summed E-state index contributed by atoms with van der Waals surface area (Å²) in [4.78, 5) is 0. The van der Waals surface area contributed by atoms with Crippen LogP contribution in [0, 0.1) is 35.3 Å². The summed E-state index contributed by atoms with van der Waals surface area (Å²) in [5, 5.41) is -0.408. The second-order valence-electron chi connectivity index (χ2n) is 10.4. The zero-order chi connectivity index (χ0) is 28.2. The average Bonchev–Trinajstić information content (AvgIpc) is 2.88. The Morgan fingerprint density at radius 3 is 2.46 bits per heavy atom. The van der Waals surface area contributed by atoms with Crippen LogP contribution in [0.1, 0.15) is 70.3 Å². The number of rotatable bonds is 8. The molecule has 0 aromatic heterocycles. The van der Waals surface area contributed by atoms with Crippen molar-refractivity contribution in [3.05, 3.63) is 53.1 Å². The summed E-state index contributed by atoms with van der Waals surface area (Å²) in [5.41, 5.74) is -1.21. The minimum Gasteiger partial charge on any atom is -0.429 e. The summed E-state index contributed by atoms with van der Waals surface area (Å²) in [6.45, 7) is 2.90. The van der Waals surface area contributed by atoms with E-state index in [-0.39, 0.29) is 40.5 Å². The molecule has 2 nitrogen and oxygen atoms in total. The Balaban J connectivity index is 1.40. The summed E-state index contributed by atoms with van der Waals surface area (Å²) in [6, 6.07) is 3.88. The Hall–Kier alpha value is -2.73. The van der Waals surface area contributed by atoms with Gasteiger partial charge in [0.15, 0.2) is 0 Å². The van der Waals surface area contributed by atoms with Gasteiger partial charge < -0.3 is 9.47 Å². The Morgan fingerprint density at radius 2 is 1.82 bits per heavy atom. The lowest BCUT2D eigenvalue weighted by molar-refractivity contribution is -0.146. The third-order valence-corrected chi connectivity index (χ3v) is 7.55. The quantitative estimate of drug-likeness (QED) is 0.140. The highest BCUT2D eigenvalue weighted by Gasteiger charge is 2.40. The lowest BCUT2D eigenvalue weighted by Crippen LogP contribution is -2.35. The third-order valence-electron chi connectivity index (χ3n) is 7.55. The van der Waals surface area contributed by atoms with Crippen molar-refractivity contribution in [1.82, 2.24) is 0 Å². The van der Waals surface area contributed by atoms with Crippen LogP contribution in [0.3, 0.4) is 0 Å². The number of fused-ring (bicyclic) bond motifs is 1.